The summed E-state index contributed by atoms with van der Waals surface area (Å²) >= 11 is 0. The average Bonchev–Trinajstić information content (AvgIpc) is 3.02. The van der Waals surface area contributed by atoms with Gasteiger partial charge in [-0.2, -0.15) is 0 Å². The van der Waals surface area contributed by atoms with E-state index in [9.17, 15) is 9.59 Å². The molecule has 42 heavy (non-hydrogen) atoms. The number of carbonyl (C=O) groups is 2. The van der Waals surface area contributed by atoms with Crippen molar-refractivity contribution in [2.75, 3.05) is 0 Å². The van der Waals surface area contributed by atoms with E-state index in [0.29, 0.717) is 17.7 Å². The van der Waals surface area contributed by atoms with Crippen LogP contribution in [-0.4, -0.2) is 11.9 Å². The van der Waals surface area contributed by atoms with E-state index in [1.165, 1.54) is 0 Å². The van der Waals surface area contributed by atoms with Crippen molar-refractivity contribution >= 4 is 76.6 Å². The van der Waals surface area contributed by atoms with Crippen LogP contribution in [0.5, 0.6) is 5.75 Å². The van der Waals surface area contributed by atoms with Crippen molar-refractivity contribution in [2.24, 2.45) is 0 Å². The third-order valence-corrected chi connectivity index (χ3v) is 8.46. The molecule has 202 valence electrons. The highest BCUT2D eigenvalue weighted by molar-refractivity contribution is 6.25. The van der Waals surface area contributed by atoms with Gasteiger partial charge in [0, 0.05) is 22.8 Å². The highest BCUT2D eigenvalue weighted by atomic mass is 16.6. The Bertz CT molecular complexity index is 2280. The van der Waals surface area contributed by atoms with Gasteiger partial charge >= 0.3 is 11.9 Å². The Morgan fingerprint density at radius 2 is 1.05 bits per heavy atom. The van der Waals surface area contributed by atoms with Crippen molar-refractivity contribution in [3.63, 3.8) is 0 Å². The molecule has 1 atom stereocenters. The summed E-state index contributed by atoms with van der Waals surface area (Å²) in [6.07, 6.45) is -0.380. The van der Waals surface area contributed by atoms with Crippen LogP contribution >= 0.6 is 0 Å². The molecule has 0 radical (unpaired) electrons. The molecule has 0 saturated heterocycles. The summed E-state index contributed by atoms with van der Waals surface area (Å²) in [6, 6.07) is 36.7. The van der Waals surface area contributed by atoms with Gasteiger partial charge in [0.15, 0.2) is 0 Å². The number of ether oxygens (including phenoxy) is 2. The fraction of sp³-hybridized carbons (Fsp3) is 0.105. The second-order valence-electron chi connectivity index (χ2n) is 11.0. The van der Waals surface area contributed by atoms with Crippen LogP contribution in [0.15, 0.2) is 109 Å². The quantitative estimate of drug-likeness (QED) is 0.118. The molecule has 8 aromatic rings. The Morgan fingerprint density at radius 1 is 0.571 bits per heavy atom. The maximum absolute atomic E-state index is 14.1. The minimum Gasteiger partial charge on any atom is -0.445 e. The molecule has 0 aliphatic rings. The van der Waals surface area contributed by atoms with Crippen molar-refractivity contribution in [3.8, 4) is 5.75 Å². The molecule has 0 aliphatic heterocycles. The number of hydrogen-bond donors (Lipinski definition) is 0. The molecule has 0 aliphatic carbocycles. The standard InChI is InChI=1S/C38H26O4/c1-2-5-32(39)42-37(29-19-15-26-12-10-22-6-3-8-24-14-18-28(29)35(26)33(22)24)38(40)41-31-21-17-27-13-11-23-7-4-9-25-16-20-30(31)36(27)34(23)25/h3-4,6-21,37H,2,5H2,1H3. The molecule has 1 unspecified atom stereocenters. The highest BCUT2D eigenvalue weighted by Crippen LogP contribution is 2.41. The third-order valence-electron chi connectivity index (χ3n) is 8.46. The van der Waals surface area contributed by atoms with E-state index >= 15 is 0 Å². The van der Waals surface area contributed by atoms with Gasteiger partial charge in [-0.25, -0.2) is 4.79 Å². The first-order chi connectivity index (χ1) is 20.6. The van der Waals surface area contributed by atoms with E-state index in [1.807, 2.05) is 49.4 Å². The lowest BCUT2D eigenvalue weighted by Crippen LogP contribution is -2.24. The van der Waals surface area contributed by atoms with Crippen molar-refractivity contribution in [1.29, 1.82) is 0 Å². The highest BCUT2D eigenvalue weighted by Gasteiger charge is 2.30. The summed E-state index contributed by atoms with van der Waals surface area (Å²) in [5.41, 5.74) is 0.618. The topological polar surface area (TPSA) is 52.6 Å². The molecule has 0 bridgehead atoms. The number of benzene rings is 8. The van der Waals surface area contributed by atoms with Crippen LogP contribution in [0.1, 0.15) is 31.4 Å². The Kier molecular flexibility index (Phi) is 5.51. The minimum absolute atomic E-state index is 0.217. The Balaban J connectivity index is 1.28. The van der Waals surface area contributed by atoms with Gasteiger partial charge in [-0.3, -0.25) is 4.79 Å². The van der Waals surface area contributed by atoms with Gasteiger partial charge < -0.3 is 9.47 Å². The minimum atomic E-state index is -1.22. The lowest BCUT2D eigenvalue weighted by atomic mass is 9.90. The smallest absolute Gasteiger partial charge is 0.357 e. The average molecular weight is 547 g/mol. The van der Waals surface area contributed by atoms with E-state index in [0.717, 1.165) is 64.6 Å². The number of hydrogen-bond acceptors (Lipinski definition) is 4. The van der Waals surface area contributed by atoms with Gasteiger partial charge in [-0.1, -0.05) is 104 Å². The summed E-state index contributed by atoms with van der Waals surface area (Å²) in [7, 11) is 0. The normalized spacial score (nSPS) is 12.7. The molecular weight excluding hydrogens is 520 g/mol. The number of rotatable bonds is 6. The summed E-state index contributed by atoms with van der Waals surface area (Å²) in [6.45, 7) is 1.91. The van der Waals surface area contributed by atoms with Gasteiger partial charge in [0.25, 0.3) is 0 Å². The Morgan fingerprint density at radius 3 is 1.64 bits per heavy atom. The molecule has 4 nitrogen and oxygen atoms in total. The third kappa shape index (κ3) is 3.68. The fourth-order valence-electron chi connectivity index (χ4n) is 6.58. The van der Waals surface area contributed by atoms with Gasteiger partial charge in [-0.15, -0.1) is 0 Å². The fourth-order valence-corrected chi connectivity index (χ4v) is 6.58. The van der Waals surface area contributed by atoms with Crippen LogP contribution in [0.4, 0.5) is 0 Å². The molecule has 0 fully saturated rings. The van der Waals surface area contributed by atoms with Crippen molar-refractivity contribution < 1.29 is 19.1 Å². The zero-order valence-electron chi connectivity index (χ0n) is 23.0. The van der Waals surface area contributed by atoms with Gasteiger partial charge in [0.2, 0.25) is 6.10 Å². The Labute approximate surface area is 241 Å². The van der Waals surface area contributed by atoms with Crippen LogP contribution in [0, 0.1) is 0 Å². The van der Waals surface area contributed by atoms with Crippen LogP contribution in [0.3, 0.4) is 0 Å². The monoisotopic (exact) mass is 546 g/mol. The molecule has 0 spiro atoms. The number of esters is 2. The molecule has 8 rings (SSSR count). The van der Waals surface area contributed by atoms with E-state index in [4.69, 9.17) is 9.47 Å². The molecule has 0 aromatic heterocycles. The van der Waals surface area contributed by atoms with Crippen molar-refractivity contribution in [1.82, 2.24) is 0 Å². The zero-order chi connectivity index (χ0) is 28.4. The summed E-state index contributed by atoms with van der Waals surface area (Å²) in [5, 5.41) is 12.8. The zero-order valence-corrected chi connectivity index (χ0v) is 23.0. The van der Waals surface area contributed by atoms with E-state index in [-0.39, 0.29) is 6.42 Å². The molecule has 4 heteroatoms. The molecule has 8 aromatic carbocycles. The van der Waals surface area contributed by atoms with E-state index in [2.05, 4.69) is 66.7 Å². The first kappa shape index (κ1) is 24.6. The van der Waals surface area contributed by atoms with Crippen molar-refractivity contribution in [2.45, 2.75) is 25.9 Å². The Hall–Kier alpha value is -5.22. The first-order valence-corrected chi connectivity index (χ1v) is 14.3. The maximum atomic E-state index is 14.1. The summed E-state index contributed by atoms with van der Waals surface area (Å²) < 4.78 is 12.1. The predicted molar refractivity (Wildman–Crippen MR) is 170 cm³/mol. The largest absolute Gasteiger partial charge is 0.445 e. The molecule has 0 saturated carbocycles. The lowest BCUT2D eigenvalue weighted by molar-refractivity contribution is -0.162. The maximum Gasteiger partial charge on any atom is 0.357 e. The SMILES string of the molecule is CCCC(=O)OC(C(=O)Oc1ccc2ccc3cccc4ccc1c2c34)c1ccc2ccc3cccc4ccc1c2c34. The van der Waals surface area contributed by atoms with E-state index < -0.39 is 18.0 Å². The van der Waals surface area contributed by atoms with E-state index in [1.54, 1.807) is 0 Å². The van der Waals surface area contributed by atoms with Gasteiger partial charge in [-0.05, 0) is 72.4 Å². The second kappa shape index (κ2) is 9.42. The molecular formula is C38H26O4. The second-order valence-corrected chi connectivity index (χ2v) is 11.0. The molecule has 0 amide bonds. The molecule has 0 heterocycles. The predicted octanol–water partition coefficient (Wildman–Crippen LogP) is 9.47. The lowest BCUT2D eigenvalue weighted by Gasteiger charge is -2.21. The van der Waals surface area contributed by atoms with Gasteiger partial charge in [0.05, 0.1) is 0 Å². The molecule has 0 N–H and O–H groups in total. The van der Waals surface area contributed by atoms with Crippen LogP contribution in [0.2, 0.25) is 0 Å². The van der Waals surface area contributed by atoms with Crippen molar-refractivity contribution in [3.05, 3.63) is 115 Å². The van der Waals surface area contributed by atoms with Crippen LogP contribution < -0.4 is 4.74 Å². The first-order valence-electron chi connectivity index (χ1n) is 14.3. The van der Waals surface area contributed by atoms with Crippen LogP contribution in [-0.2, 0) is 14.3 Å². The van der Waals surface area contributed by atoms with Gasteiger partial charge in [0.1, 0.15) is 5.75 Å². The summed E-state index contributed by atoms with van der Waals surface area (Å²) in [5.74, 6) is -0.606. The van der Waals surface area contributed by atoms with Crippen LogP contribution in [0.25, 0.3) is 64.6 Å². The summed E-state index contributed by atoms with van der Waals surface area (Å²) in [4.78, 5) is 26.9. The number of carbonyl (C=O) groups excluding carboxylic acids is 2.